The number of fused-ring (bicyclic) bond motifs is 1. The highest BCUT2D eigenvalue weighted by Gasteiger charge is 2.27. The zero-order valence-corrected chi connectivity index (χ0v) is 17.2. The lowest BCUT2D eigenvalue weighted by Crippen LogP contribution is -2.50. The molecule has 2 amide bonds. The molecule has 0 N–H and O–H groups in total. The summed E-state index contributed by atoms with van der Waals surface area (Å²) in [6, 6.07) is 8.74. The predicted octanol–water partition coefficient (Wildman–Crippen LogP) is 3.20. The average Bonchev–Trinajstić information content (AvgIpc) is 3.14. The lowest BCUT2D eigenvalue weighted by molar-refractivity contribution is 0.0517. The number of carbonyl (C=O) groups is 2. The number of aryl methyl sites for hydroxylation is 2. The van der Waals surface area contributed by atoms with Crippen molar-refractivity contribution < 1.29 is 14.0 Å². The number of aromatic nitrogens is 2. The van der Waals surface area contributed by atoms with Crippen molar-refractivity contribution in [3.63, 3.8) is 0 Å². The Morgan fingerprint density at radius 2 is 1.50 bits per heavy atom. The van der Waals surface area contributed by atoms with E-state index in [9.17, 15) is 9.59 Å². The number of piperazine rings is 1. The van der Waals surface area contributed by atoms with Gasteiger partial charge in [0.05, 0.1) is 22.4 Å². The van der Waals surface area contributed by atoms with Gasteiger partial charge in [-0.05, 0) is 60.1 Å². The summed E-state index contributed by atoms with van der Waals surface area (Å²) in [6.45, 7) is 5.71. The number of rotatable bonds is 2. The van der Waals surface area contributed by atoms with E-state index >= 15 is 0 Å². The molecule has 0 saturated carbocycles. The molecule has 0 aliphatic carbocycles. The number of hydrogen-bond acceptors (Lipinski definition) is 5. The maximum absolute atomic E-state index is 12.9. The van der Waals surface area contributed by atoms with Crippen LogP contribution in [0.5, 0.6) is 0 Å². The van der Waals surface area contributed by atoms with Crippen LogP contribution >= 0.6 is 15.9 Å². The maximum atomic E-state index is 12.9. The van der Waals surface area contributed by atoms with Gasteiger partial charge in [-0.25, -0.2) is 9.97 Å². The Labute approximate surface area is 170 Å². The van der Waals surface area contributed by atoms with Crippen LogP contribution in [0.3, 0.4) is 0 Å². The second-order valence-electron chi connectivity index (χ2n) is 6.79. The molecule has 1 aliphatic heterocycles. The Balaban J connectivity index is 1.46. The van der Waals surface area contributed by atoms with Gasteiger partial charge in [0.1, 0.15) is 0 Å². The SMILES string of the molecule is Cc1nc2ccc(C(=O)N3CCN(C(=O)c4ccc(Br)o4)CC3)cc2nc1C. The van der Waals surface area contributed by atoms with E-state index in [2.05, 4.69) is 25.9 Å². The Morgan fingerprint density at radius 3 is 2.11 bits per heavy atom. The van der Waals surface area contributed by atoms with Crippen LogP contribution in [0.25, 0.3) is 11.0 Å². The molecule has 8 heteroatoms. The molecule has 28 heavy (non-hydrogen) atoms. The first kappa shape index (κ1) is 18.6. The van der Waals surface area contributed by atoms with Crippen molar-refractivity contribution in [3.8, 4) is 0 Å². The molecular formula is C20H19BrN4O3. The molecule has 1 aliphatic rings. The van der Waals surface area contributed by atoms with Gasteiger partial charge in [0, 0.05) is 31.7 Å². The summed E-state index contributed by atoms with van der Waals surface area (Å²) in [7, 11) is 0. The zero-order chi connectivity index (χ0) is 19.8. The molecule has 7 nitrogen and oxygen atoms in total. The normalized spacial score (nSPS) is 14.5. The number of hydrogen-bond donors (Lipinski definition) is 0. The van der Waals surface area contributed by atoms with E-state index in [4.69, 9.17) is 4.42 Å². The third-order valence-electron chi connectivity index (χ3n) is 4.96. The van der Waals surface area contributed by atoms with Crippen molar-refractivity contribution >= 4 is 38.8 Å². The van der Waals surface area contributed by atoms with Gasteiger partial charge in [0.25, 0.3) is 11.8 Å². The van der Waals surface area contributed by atoms with Crippen molar-refractivity contribution in [1.29, 1.82) is 0 Å². The Bertz CT molecular complexity index is 1070. The van der Waals surface area contributed by atoms with Crippen LogP contribution in [0, 0.1) is 13.8 Å². The third kappa shape index (κ3) is 3.52. The maximum Gasteiger partial charge on any atom is 0.289 e. The van der Waals surface area contributed by atoms with Crippen LogP contribution in [0.15, 0.2) is 39.4 Å². The van der Waals surface area contributed by atoms with Gasteiger partial charge in [-0.3, -0.25) is 9.59 Å². The van der Waals surface area contributed by atoms with E-state index in [0.29, 0.717) is 47.7 Å². The standard InChI is InChI=1S/C20H19BrN4O3/c1-12-13(2)23-16-11-14(3-4-15(16)22-12)19(26)24-7-9-25(10-8-24)20(27)17-5-6-18(21)28-17/h3-6,11H,7-10H2,1-2H3. The van der Waals surface area contributed by atoms with E-state index < -0.39 is 0 Å². The molecule has 0 radical (unpaired) electrons. The minimum atomic E-state index is -0.162. The summed E-state index contributed by atoms with van der Waals surface area (Å²) in [5, 5.41) is 0. The van der Waals surface area contributed by atoms with Crippen molar-refractivity contribution in [2.24, 2.45) is 0 Å². The van der Waals surface area contributed by atoms with Crippen molar-refractivity contribution in [2.75, 3.05) is 26.2 Å². The van der Waals surface area contributed by atoms with Gasteiger partial charge in [-0.2, -0.15) is 0 Å². The number of benzene rings is 1. The molecule has 2 aromatic heterocycles. The van der Waals surface area contributed by atoms with E-state index in [1.54, 1.807) is 34.1 Å². The number of nitrogens with zero attached hydrogens (tertiary/aromatic N) is 4. The molecule has 144 valence electrons. The van der Waals surface area contributed by atoms with Gasteiger partial charge < -0.3 is 14.2 Å². The number of carbonyl (C=O) groups excluding carboxylic acids is 2. The molecule has 0 unspecified atom stereocenters. The van der Waals surface area contributed by atoms with Crippen LogP contribution in [-0.4, -0.2) is 57.8 Å². The smallest absolute Gasteiger partial charge is 0.289 e. The quantitative estimate of drug-likeness (QED) is 0.608. The van der Waals surface area contributed by atoms with Gasteiger partial charge in [-0.1, -0.05) is 0 Å². The molecule has 0 spiro atoms. The third-order valence-corrected chi connectivity index (χ3v) is 5.39. The molecule has 4 rings (SSSR count). The number of halogens is 1. The molecule has 0 atom stereocenters. The van der Waals surface area contributed by atoms with Crippen LogP contribution in [0.1, 0.15) is 32.3 Å². The fourth-order valence-electron chi connectivity index (χ4n) is 3.24. The van der Waals surface area contributed by atoms with Crippen LogP contribution in [0.4, 0.5) is 0 Å². The summed E-state index contributed by atoms with van der Waals surface area (Å²) in [6.07, 6.45) is 0. The average molecular weight is 443 g/mol. The summed E-state index contributed by atoms with van der Waals surface area (Å²) >= 11 is 3.20. The topological polar surface area (TPSA) is 79.5 Å². The highest BCUT2D eigenvalue weighted by molar-refractivity contribution is 9.10. The molecule has 0 bridgehead atoms. The fraction of sp³-hybridized carbons (Fsp3) is 0.300. The first-order chi connectivity index (χ1) is 13.4. The van der Waals surface area contributed by atoms with Gasteiger partial charge >= 0.3 is 0 Å². The summed E-state index contributed by atoms with van der Waals surface area (Å²) in [5.41, 5.74) is 3.82. The summed E-state index contributed by atoms with van der Waals surface area (Å²) in [4.78, 5) is 37.9. The minimum absolute atomic E-state index is 0.0604. The van der Waals surface area contributed by atoms with Crippen LogP contribution in [0.2, 0.25) is 0 Å². The van der Waals surface area contributed by atoms with Gasteiger partial charge in [0.15, 0.2) is 10.4 Å². The zero-order valence-electron chi connectivity index (χ0n) is 15.6. The van der Waals surface area contributed by atoms with Crippen LogP contribution in [-0.2, 0) is 0 Å². The minimum Gasteiger partial charge on any atom is -0.444 e. The molecule has 1 fully saturated rings. The van der Waals surface area contributed by atoms with Gasteiger partial charge in [-0.15, -0.1) is 0 Å². The molecule has 1 aromatic carbocycles. The lowest BCUT2D eigenvalue weighted by Gasteiger charge is -2.34. The summed E-state index contributed by atoms with van der Waals surface area (Å²) < 4.78 is 5.86. The van der Waals surface area contributed by atoms with Crippen molar-refractivity contribution in [1.82, 2.24) is 19.8 Å². The van der Waals surface area contributed by atoms with E-state index in [1.165, 1.54) is 0 Å². The highest BCUT2D eigenvalue weighted by Crippen LogP contribution is 2.19. The fourth-order valence-corrected chi connectivity index (χ4v) is 3.55. The monoisotopic (exact) mass is 442 g/mol. The van der Waals surface area contributed by atoms with Crippen molar-refractivity contribution in [3.05, 3.63) is 57.7 Å². The second-order valence-corrected chi connectivity index (χ2v) is 7.57. The Kier molecular flexibility index (Phi) is 4.89. The Hall–Kier alpha value is -2.74. The Morgan fingerprint density at radius 1 is 0.893 bits per heavy atom. The molecule has 3 aromatic rings. The highest BCUT2D eigenvalue weighted by atomic mass is 79.9. The van der Waals surface area contributed by atoms with E-state index in [0.717, 1.165) is 16.9 Å². The van der Waals surface area contributed by atoms with Crippen molar-refractivity contribution in [2.45, 2.75) is 13.8 Å². The van der Waals surface area contributed by atoms with Crippen LogP contribution < -0.4 is 0 Å². The number of amides is 2. The predicted molar refractivity (Wildman–Crippen MR) is 107 cm³/mol. The summed E-state index contributed by atoms with van der Waals surface area (Å²) in [5.74, 6) is 0.0739. The molecular weight excluding hydrogens is 424 g/mol. The lowest BCUT2D eigenvalue weighted by atomic mass is 10.1. The van der Waals surface area contributed by atoms with E-state index in [1.807, 2.05) is 19.9 Å². The van der Waals surface area contributed by atoms with Gasteiger partial charge in [0.2, 0.25) is 0 Å². The number of furan rings is 1. The van der Waals surface area contributed by atoms with E-state index in [-0.39, 0.29) is 11.8 Å². The molecule has 1 saturated heterocycles. The first-order valence-corrected chi connectivity index (χ1v) is 9.80. The largest absolute Gasteiger partial charge is 0.444 e. The first-order valence-electron chi connectivity index (χ1n) is 9.01. The molecule has 3 heterocycles. The second kappa shape index (κ2) is 7.35.